The molecular formula is C13H20N2O2. The first kappa shape index (κ1) is 13.5. The standard InChI is InChI=1S/C13H20N2O2/c1-9(2)12(8-14)15-11-6-4-10(5-7-11)13(16)17-3/h4-7,9,12,15H,8,14H2,1-3H3. The number of carbonyl (C=O) groups excluding carboxylic acids is 1. The second-order valence-corrected chi connectivity index (χ2v) is 4.30. The van der Waals surface area contributed by atoms with Crippen molar-refractivity contribution in [1.29, 1.82) is 0 Å². The van der Waals surface area contributed by atoms with Crippen molar-refractivity contribution >= 4 is 11.7 Å². The van der Waals surface area contributed by atoms with Crippen LogP contribution in [0.15, 0.2) is 24.3 Å². The van der Waals surface area contributed by atoms with Crippen LogP contribution >= 0.6 is 0 Å². The highest BCUT2D eigenvalue weighted by Gasteiger charge is 2.11. The van der Waals surface area contributed by atoms with Crippen LogP contribution in [0.5, 0.6) is 0 Å². The van der Waals surface area contributed by atoms with Gasteiger partial charge in [-0.1, -0.05) is 13.8 Å². The third kappa shape index (κ3) is 3.75. The van der Waals surface area contributed by atoms with Gasteiger partial charge in [0.25, 0.3) is 0 Å². The summed E-state index contributed by atoms with van der Waals surface area (Å²) in [7, 11) is 1.37. The number of nitrogens with one attached hydrogen (secondary N) is 1. The summed E-state index contributed by atoms with van der Waals surface area (Å²) in [6, 6.07) is 7.43. The van der Waals surface area contributed by atoms with Crippen LogP contribution in [0.25, 0.3) is 0 Å². The summed E-state index contributed by atoms with van der Waals surface area (Å²) in [6.07, 6.45) is 0. The normalized spacial score (nSPS) is 12.3. The molecule has 4 nitrogen and oxygen atoms in total. The molecule has 0 aliphatic carbocycles. The van der Waals surface area contributed by atoms with E-state index in [-0.39, 0.29) is 12.0 Å². The summed E-state index contributed by atoms with van der Waals surface area (Å²) < 4.78 is 4.64. The van der Waals surface area contributed by atoms with E-state index in [2.05, 4.69) is 23.9 Å². The zero-order valence-electron chi connectivity index (χ0n) is 10.6. The lowest BCUT2D eigenvalue weighted by atomic mass is 10.0. The van der Waals surface area contributed by atoms with Crippen molar-refractivity contribution in [2.75, 3.05) is 19.0 Å². The van der Waals surface area contributed by atoms with Crippen LogP contribution in [-0.2, 0) is 4.74 Å². The fraction of sp³-hybridized carbons (Fsp3) is 0.462. The molecule has 1 aromatic carbocycles. The van der Waals surface area contributed by atoms with Gasteiger partial charge in [0.1, 0.15) is 0 Å². The van der Waals surface area contributed by atoms with E-state index in [4.69, 9.17) is 5.73 Å². The molecule has 0 aliphatic heterocycles. The van der Waals surface area contributed by atoms with Gasteiger partial charge in [-0.3, -0.25) is 0 Å². The van der Waals surface area contributed by atoms with Crippen molar-refractivity contribution in [1.82, 2.24) is 0 Å². The Morgan fingerprint density at radius 2 is 1.94 bits per heavy atom. The van der Waals surface area contributed by atoms with Gasteiger partial charge in [-0.25, -0.2) is 4.79 Å². The van der Waals surface area contributed by atoms with Gasteiger partial charge in [-0.2, -0.15) is 0 Å². The third-order valence-electron chi connectivity index (χ3n) is 2.72. The van der Waals surface area contributed by atoms with Crippen LogP contribution in [0.4, 0.5) is 5.69 Å². The van der Waals surface area contributed by atoms with Gasteiger partial charge in [0, 0.05) is 18.3 Å². The van der Waals surface area contributed by atoms with Crippen molar-refractivity contribution in [3.8, 4) is 0 Å². The molecule has 0 bridgehead atoms. The van der Waals surface area contributed by atoms with Gasteiger partial charge in [0.15, 0.2) is 0 Å². The second kappa shape index (κ2) is 6.25. The van der Waals surface area contributed by atoms with Crippen LogP contribution in [0.1, 0.15) is 24.2 Å². The first-order valence-electron chi connectivity index (χ1n) is 5.73. The smallest absolute Gasteiger partial charge is 0.337 e. The van der Waals surface area contributed by atoms with Crippen molar-refractivity contribution < 1.29 is 9.53 Å². The number of rotatable bonds is 5. The molecule has 0 spiro atoms. The molecule has 1 unspecified atom stereocenters. The molecule has 1 aromatic rings. The van der Waals surface area contributed by atoms with E-state index in [1.807, 2.05) is 12.1 Å². The Labute approximate surface area is 102 Å². The number of benzene rings is 1. The molecule has 0 saturated heterocycles. The molecule has 0 aliphatic rings. The number of methoxy groups -OCH3 is 1. The lowest BCUT2D eigenvalue weighted by Gasteiger charge is -2.21. The van der Waals surface area contributed by atoms with E-state index >= 15 is 0 Å². The SMILES string of the molecule is COC(=O)c1ccc(NC(CN)C(C)C)cc1. The molecule has 0 saturated carbocycles. The fourth-order valence-electron chi connectivity index (χ4n) is 1.53. The number of nitrogens with two attached hydrogens (primary N) is 1. The van der Waals surface area contributed by atoms with E-state index in [1.54, 1.807) is 12.1 Å². The Hall–Kier alpha value is -1.55. The highest BCUT2D eigenvalue weighted by Crippen LogP contribution is 2.14. The van der Waals surface area contributed by atoms with Crippen LogP contribution in [0.2, 0.25) is 0 Å². The van der Waals surface area contributed by atoms with E-state index in [9.17, 15) is 4.79 Å². The van der Waals surface area contributed by atoms with Gasteiger partial charge in [0.05, 0.1) is 12.7 Å². The van der Waals surface area contributed by atoms with Crippen LogP contribution in [-0.4, -0.2) is 25.7 Å². The highest BCUT2D eigenvalue weighted by atomic mass is 16.5. The molecule has 17 heavy (non-hydrogen) atoms. The summed E-state index contributed by atoms with van der Waals surface area (Å²) >= 11 is 0. The zero-order chi connectivity index (χ0) is 12.8. The molecule has 0 fully saturated rings. The molecule has 0 radical (unpaired) electrons. The lowest BCUT2D eigenvalue weighted by Crippen LogP contribution is -2.33. The molecule has 0 heterocycles. The predicted octanol–water partition coefficient (Wildman–Crippen LogP) is 1.87. The number of anilines is 1. The van der Waals surface area contributed by atoms with Crippen molar-refractivity contribution in [3.05, 3.63) is 29.8 Å². The van der Waals surface area contributed by atoms with E-state index < -0.39 is 0 Å². The molecule has 4 heteroatoms. The summed E-state index contributed by atoms with van der Waals surface area (Å²) in [5.41, 5.74) is 7.19. The monoisotopic (exact) mass is 236 g/mol. The van der Waals surface area contributed by atoms with Crippen molar-refractivity contribution in [2.45, 2.75) is 19.9 Å². The molecule has 0 amide bonds. The average molecular weight is 236 g/mol. The largest absolute Gasteiger partial charge is 0.465 e. The number of hydrogen-bond acceptors (Lipinski definition) is 4. The Kier molecular flexibility index (Phi) is 4.97. The van der Waals surface area contributed by atoms with Gasteiger partial charge < -0.3 is 15.8 Å². The lowest BCUT2D eigenvalue weighted by molar-refractivity contribution is 0.0601. The van der Waals surface area contributed by atoms with Gasteiger partial charge in [-0.15, -0.1) is 0 Å². The number of carbonyl (C=O) groups is 1. The zero-order valence-corrected chi connectivity index (χ0v) is 10.6. The number of ether oxygens (including phenoxy) is 1. The summed E-state index contributed by atoms with van der Waals surface area (Å²) in [4.78, 5) is 11.2. The topological polar surface area (TPSA) is 64.3 Å². The van der Waals surface area contributed by atoms with Crippen LogP contribution in [0.3, 0.4) is 0 Å². The van der Waals surface area contributed by atoms with Crippen molar-refractivity contribution in [3.63, 3.8) is 0 Å². The third-order valence-corrected chi connectivity index (χ3v) is 2.72. The maximum Gasteiger partial charge on any atom is 0.337 e. The highest BCUT2D eigenvalue weighted by molar-refractivity contribution is 5.89. The van der Waals surface area contributed by atoms with Gasteiger partial charge >= 0.3 is 5.97 Å². The van der Waals surface area contributed by atoms with E-state index in [1.165, 1.54) is 7.11 Å². The number of esters is 1. The first-order chi connectivity index (χ1) is 8.08. The van der Waals surface area contributed by atoms with Gasteiger partial charge in [0.2, 0.25) is 0 Å². The Balaban J connectivity index is 2.71. The Morgan fingerprint density at radius 3 is 2.35 bits per heavy atom. The molecule has 3 N–H and O–H groups in total. The quantitative estimate of drug-likeness (QED) is 0.766. The van der Waals surface area contributed by atoms with Crippen LogP contribution in [0, 0.1) is 5.92 Å². The Bertz CT molecular complexity index is 360. The van der Waals surface area contributed by atoms with Gasteiger partial charge in [-0.05, 0) is 30.2 Å². The minimum absolute atomic E-state index is 0.235. The van der Waals surface area contributed by atoms with E-state index in [0.29, 0.717) is 18.0 Å². The summed E-state index contributed by atoms with van der Waals surface area (Å²) in [6.45, 7) is 4.82. The molecular weight excluding hydrogens is 216 g/mol. The molecule has 1 atom stereocenters. The fourth-order valence-corrected chi connectivity index (χ4v) is 1.53. The molecule has 94 valence electrons. The van der Waals surface area contributed by atoms with Crippen molar-refractivity contribution in [2.24, 2.45) is 11.7 Å². The second-order valence-electron chi connectivity index (χ2n) is 4.30. The molecule has 1 rings (SSSR count). The Morgan fingerprint density at radius 1 is 1.35 bits per heavy atom. The predicted molar refractivity (Wildman–Crippen MR) is 69.1 cm³/mol. The minimum atomic E-state index is -0.323. The minimum Gasteiger partial charge on any atom is -0.465 e. The summed E-state index contributed by atoms with van der Waals surface area (Å²) in [5.74, 6) is 0.135. The maximum atomic E-state index is 11.2. The average Bonchev–Trinajstić information content (AvgIpc) is 2.35. The summed E-state index contributed by atoms with van der Waals surface area (Å²) in [5, 5.41) is 3.34. The van der Waals surface area contributed by atoms with Crippen LogP contribution < -0.4 is 11.1 Å². The van der Waals surface area contributed by atoms with E-state index in [0.717, 1.165) is 5.69 Å². The molecule has 0 aromatic heterocycles. The first-order valence-corrected chi connectivity index (χ1v) is 5.73. The number of hydrogen-bond donors (Lipinski definition) is 2. The maximum absolute atomic E-state index is 11.2.